The molecule has 1 heterocycles. The van der Waals surface area contributed by atoms with E-state index in [1.54, 1.807) is 0 Å². The molecule has 0 aromatic heterocycles. The van der Waals surface area contributed by atoms with Crippen molar-refractivity contribution in [3.8, 4) is 0 Å². The first-order valence-corrected chi connectivity index (χ1v) is 10.6. The minimum atomic E-state index is -3.39. The summed E-state index contributed by atoms with van der Waals surface area (Å²) in [6, 6.07) is 9.17. The van der Waals surface area contributed by atoms with Crippen LogP contribution in [0.25, 0.3) is 0 Å². The van der Waals surface area contributed by atoms with Crippen LogP contribution in [0.3, 0.4) is 0 Å². The highest BCUT2D eigenvalue weighted by molar-refractivity contribution is 7.88. The van der Waals surface area contributed by atoms with Gasteiger partial charge >= 0.3 is 0 Å². The third kappa shape index (κ3) is 6.41. The third-order valence-corrected chi connectivity index (χ3v) is 6.18. The van der Waals surface area contributed by atoms with Crippen LogP contribution in [-0.4, -0.2) is 51.4 Å². The number of amides is 1. The molecule has 0 saturated carbocycles. The number of rotatable bonds is 9. The quantitative estimate of drug-likeness (QED) is 0.646. The van der Waals surface area contributed by atoms with Gasteiger partial charge in [-0.3, -0.25) is 4.79 Å². The Hall–Kier alpha value is -1.44. The smallest absolute Gasteiger partial charge is 0.224 e. The van der Waals surface area contributed by atoms with Crippen molar-refractivity contribution in [2.24, 2.45) is 5.92 Å². The van der Waals surface area contributed by atoms with Crippen molar-refractivity contribution >= 4 is 15.9 Å². The highest BCUT2D eigenvalue weighted by atomic mass is 32.2. The molecule has 1 amide bonds. The van der Waals surface area contributed by atoms with Gasteiger partial charge in [0, 0.05) is 26.2 Å². The van der Waals surface area contributed by atoms with Gasteiger partial charge in [-0.15, -0.1) is 0 Å². The minimum Gasteiger partial charge on any atom is -0.355 e. The summed E-state index contributed by atoms with van der Waals surface area (Å²) in [6.07, 6.45) is 2.52. The summed E-state index contributed by atoms with van der Waals surface area (Å²) in [7, 11) is -3.39. The van der Waals surface area contributed by atoms with E-state index in [-0.39, 0.29) is 24.1 Å². The van der Waals surface area contributed by atoms with Gasteiger partial charge in [0.25, 0.3) is 0 Å². The molecule has 2 N–H and O–H groups in total. The summed E-state index contributed by atoms with van der Waals surface area (Å²) >= 11 is 0. The number of carbonyl (C=O) groups is 1. The maximum Gasteiger partial charge on any atom is 0.224 e. The lowest BCUT2D eigenvalue weighted by atomic mass is 9.99. The highest BCUT2D eigenvalue weighted by Gasteiger charge is 2.32. The Morgan fingerprint density at radius 1 is 1.20 bits per heavy atom. The van der Waals surface area contributed by atoms with Gasteiger partial charge in [0.15, 0.2) is 0 Å². The molecule has 0 bridgehead atoms. The summed E-state index contributed by atoms with van der Waals surface area (Å²) in [5, 5.41) is 6.14. The van der Waals surface area contributed by atoms with Crippen LogP contribution in [-0.2, 0) is 20.6 Å². The molecule has 1 aromatic carbocycles. The van der Waals surface area contributed by atoms with Crippen molar-refractivity contribution in [2.45, 2.75) is 31.9 Å². The van der Waals surface area contributed by atoms with E-state index in [0.29, 0.717) is 13.1 Å². The molecule has 6 nitrogen and oxygen atoms in total. The largest absolute Gasteiger partial charge is 0.355 e. The van der Waals surface area contributed by atoms with Crippen LogP contribution in [0.5, 0.6) is 0 Å². The molecule has 1 fully saturated rings. The van der Waals surface area contributed by atoms with Gasteiger partial charge in [-0.2, -0.15) is 0 Å². The van der Waals surface area contributed by atoms with Crippen LogP contribution in [0.2, 0.25) is 0 Å². The summed E-state index contributed by atoms with van der Waals surface area (Å²) in [5.74, 6) is -0.313. The molecule has 1 unspecified atom stereocenters. The van der Waals surface area contributed by atoms with E-state index in [2.05, 4.69) is 17.6 Å². The molecule has 1 aliphatic heterocycles. The first kappa shape index (κ1) is 19.9. The summed E-state index contributed by atoms with van der Waals surface area (Å²) in [6.45, 7) is 5.12. The fraction of sp³-hybridized carbons (Fsp3) is 0.611. The van der Waals surface area contributed by atoms with Gasteiger partial charge < -0.3 is 10.6 Å². The second kappa shape index (κ2) is 9.89. The number of benzene rings is 1. The van der Waals surface area contributed by atoms with Crippen LogP contribution in [0.1, 0.15) is 31.7 Å². The van der Waals surface area contributed by atoms with E-state index < -0.39 is 10.0 Å². The lowest BCUT2D eigenvalue weighted by molar-refractivity contribution is -0.126. The van der Waals surface area contributed by atoms with Crippen molar-refractivity contribution in [3.05, 3.63) is 35.9 Å². The van der Waals surface area contributed by atoms with Crippen LogP contribution >= 0.6 is 0 Å². The normalized spacial score (nSPS) is 18.8. The Labute approximate surface area is 151 Å². The van der Waals surface area contributed by atoms with Crippen molar-refractivity contribution in [2.75, 3.05) is 32.7 Å². The molecule has 7 heteroatoms. The van der Waals surface area contributed by atoms with Gasteiger partial charge in [0.2, 0.25) is 15.9 Å². The summed E-state index contributed by atoms with van der Waals surface area (Å²) in [4.78, 5) is 12.3. The van der Waals surface area contributed by atoms with E-state index in [4.69, 9.17) is 0 Å². The third-order valence-electron chi connectivity index (χ3n) is 4.37. The number of hydrogen-bond acceptors (Lipinski definition) is 4. The van der Waals surface area contributed by atoms with Crippen LogP contribution < -0.4 is 10.6 Å². The van der Waals surface area contributed by atoms with Gasteiger partial charge in [-0.05, 0) is 31.4 Å². The van der Waals surface area contributed by atoms with Crippen molar-refractivity contribution in [1.29, 1.82) is 0 Å². The van der Waals surface area contributed by atoms with E-state index in [1.165, 1.54) is 4.31 Å². The fourth-order valence-electron chi connectivity index (χ4n) is 3.01. The molecule has 0 radical (unpaired) electrons. The summed E-state index contributed by atoms with van der Waals surface area (Å²) in [5.41, 5.74) is 0.774. The van der Waals surface area contributed by atoms with Crippen molar-refractivity contribution < 1.29 is 13.2 Å². The molecule has 1 saturated heterocycles. The maximum absolute atomic E-state index is 12.6. The number of carbonyl (C=O) groups excluding carboxylic acids is 1. The standard InChI is InChI=1S/C18H29N3O3S/c1-2-10-19-11-12-20-18(22)17-9-6-13-21(14-17)25(23,24)15-16-7-4-3-5-8-16/h3-5,7-8,17,19H,2,6,9-15H2,1H3,(H,20,22). The minimum absolute atomic E-state index is 0.0108. The predicted octanol–water partition coefficient (Wildman–Crippen LogP) is 1.34. The maximum atomic E-state index is 12.6. The molecule has 25 heavy (non-hydrogen) atoms. The highest BCUT2D eigenvalue weighted by Crippen LogP contribution is 2.21. The molecule has 1 aliphatic rings. The first-order chi connectivity index (χ1) is 12.0. The molecule has 1 aromatic rings. The average molecular weight is 368 g/mol. The first-order valence-electron chi connectivity index (χ1n) is 9.03. The Bertz CT molecular complexity index is 634. The Morgan fingerprint density at radius 2 is 1.96 bits per heavy atom. The van der Waals surface area contributed by atoms with Crippen LogP contribution in [0.4, 0.5) is 0 Å². The van der Waals surface area contributed by atoms with Crippen LogP contribution in [0, 0.1) is 5.92 Å². The van der Waals surface area contributed by atoms with E-state index in [0.717, 1.165) is 37.9 Å². The van der Waals surface area contributed by atoms with Crippen molar-refractivity contribution in [3.63, 3.8) is 0 Å². The Kier molecular flexibility index (Phi) is 7.87. The lowest BCUT2D eigenvalue weighted by Gasteiger charge is -2.31. The Morgan fingerprint density at radius 3 is 2.68 bits per heavy atom. The SMILES string of the molecule is CCCNCCNC(=O)C1CCCN(S(=O)(=O)Cc2ccccc2)C1. The van der Waals surface area contributed by atoms with E-state index in [1.807, 2.05) is 30.3 Å². The lowest BCUT2D eigenvalue weighted by Crippen LogP contribution is -2.46. The predicted molar refractivity (Wildman–Crippen MR) is 99.5 cm³/mol. The molecule has 0 spiro atoms. The summed E-state index contributed by atoms with van der Waals surface area (Å²) < 4.78 is 26.8. The number of sulfonamides is 1. The zero-order chi connectivity index (χ0) is 18.1. The number of piperidine rings is 1. The van der Waals surface area contributed by atoms with Gasteiger partial charge in [-0.1, -0.05) is 37.3 Å². The fourth-order valence-corrected chi connectivity index (χ4v) is 4.62. The zero-order valence-electron chi connectivity index (χ0n) is 14.9. The van der Waals surface area contributed by atoms with E-state index >= 15 is 0 Å². The molecule has 1 atom stereocenters. The number of nitrogens with one attached hydrogen (secondary N) is 2. The Balaban J connectivity index is 1.85. The monoisotopic (exact) mass is 367 g/mol. The number of nitrogens with zero attached hydrogens (tertiary/aromatic N) is 1. The second-order valence-electron chi connectivity index (χ2n) is 6.48. The molecule has 0 aliphatic carbocycles. The molecular weight excluding hydrogens is 338 g/mol. The zero-order valence-corrected chi connectivity index (χ0v) is 15.7. The van der Waals surface area contributed by atoms with E-state index in [9.17, 15) is 13.2 Å². The van der Waals surface area contributed by atoms with Crippen molar-refractivity contribution in [1.82, 2.24) is 14.9 Å². The molecule has 2 rings (SSSR count). The van der Waals surface area contributed by atoms with Crippen LogP contribution in [0.15, 0.2) is 30.3 Å². The topological polar surface area (TPSA) is 78.5 Å². The number of hydrogen-bond donors (Lipinski definition) is 2. The van der Waals surface area contributed by atoms with Gasteiger partial charge in [-0.25, -0.2) is 12.7 Å². The average Bonchev–Trinajstić information content (AvgIpc) is 2.62. The molecule has 140 valence electrons. The van der Waals surface area contributed by atoms with Gasteiger partial charge in [0.1, 0.15) is 0 Å². The second-order valence-corrected chi connectivity index (χ2v) is 8.45. The molecular formula is C18H29N3O3S. The van der Waals surface area contributed by atoms with Gasteiger partial charge in [0.05, 0.1) is 11.7 Å².